The van der Waals surface area contributed by atoms with Gasteiger partial charge in [-0.2, -0.15) is 0 Å². The smallest absolute Gasteiger partial charge is 0.128 e. The third-order valence-corrected chi connectivity index (χ3v) is 4.68. The molecule has 1 aromatic rings. The van der Waals surface area contributed by atoms with Gasteiger partial charge in [-0.15, -0.1) is 0 Å². The Morgan fingerprint density at radius 2 is 1.84 bits per heavy atom. The summed E-state index contributed by atoms with van der Waals surface area (Å²) in [7, 11) is 0. The van der Waals surface area contributed by atoms with Crippen molar-refractivity contribution in [3.8, 4) is 0 Å². The summed E-state index contributed by atoms with van der Waals surface area (Å²) in [5.41, 5.74) is 6.52. The van der Waals surface area contributed by atoms with E-state index in [2.05, 4.69) is 4.90 Å². The molecular weight excluding hydrogens is 246 g/mol. The zero-order valence-corrected chi connectivity index (χ0v) is 11.2. The molecule has 0 aliphatic carbocycles. The first-order valence-corrected chi connectivity index (χ1v) is 7.04. The molecular formula is C15H20F2N2. The van der Waals surface area contributed by atoms with Crippen LogP contribution in [0.25, 0.3) is 0 Å². The topological polar surface area (TPSA) is 29.3 Å². The van der Waals surface area contributed by atoms with Gasteiger partial charge >= 0.3 is 0 Å². The van der Waals surface area contributed by atoms with Gasteiger partial charge in [0, 0.05) is 29.7 Å². The molecule has 2 bridgehead atoms. The molecule has 0 saturated carbocycles. The number of benzene rings is 1. The summed E-state index contributed by atoms with van der Waals surface area (Å²) >= 11 is 0. The molecule has 0 radical (unpaired) electrons. The average Bonchev–Trinajstić information content (AvgIpc) is 2.64. The summed E-state index contributed by atoms with van der Waals surface area (Å²) in [5, 5.41) is 0. The van der Waals surface area contributed by atoms with Crippen molar-refractivity contribution in [2.45, 2.75) is 56.8 Å². The van der Waals surface area contributed by atoms with Gasteiger partial charge < -0.3 is 5.73 Å². The van der Waals surface area contributed by atoms with Crippen molar-refractivity contribution in [3.05, 3.63) is 35.4 Å². The molecule has 1 aromatic carbocycles. The maximum absolute atomic E-state index is 13.9. The summed E-state index contributed by atoms with van der Waals surface area (Å²) in [6.07, 6.45) is 4.19. The molecule has 2 aliphatic heterocycles. The van der Waals surface area contributed by atoms with E-state index >= 15 is 0 Å². The lowest BCUT2D eigenvalue weighted by atomic mass is 9.94. The Morgan fingerprint density at radius 1 is 1.21 bits per heavy atom. The summed E-state index contributed by atoms with van der Waals surface area (Å²) in [6.45, 7) is 1.97. The fraction of sp³-hybridized carbons (Fsp3) is 0.600. The Morgan fingerprint density at radius 3 is 2.47 bits per heavy atom. The third-order valence-electron chi connectivity index (χ3n) is 4.68. The van der Waals surface area contributed by atoms with Crippen LogP contribution < -0.4 is 5.73 Å². The van der Waals surface area contributed by atoms with E-state index < -0.39 is 0 Å². The van der Waals surface area contributed by atoms with E-state index in [1.54, 1.807) is 0 Å². The maximum Gasteiger partial charge on any atom is 0.128 e. The highest BCUT2D eigenvalue weighted by Crippen LogP contribution is 2.41. The highest BCUT2D eigenvalue weighted by molar-refractivity contribution is 5.23. The van der Waals surface area contributed by atoms with Crippen LogP contribution in [-0.2, 0) is 0 Å². The highest BCUT2D eigenvalue weighted by Gasteiger charge is 2.42. The number of hydrogen-bond donors (Lipinski definition) is 1. The zero-order valence-electron chi connectivity index (χ0n) is 11.2. The summed E-state index contributed by atoms with van der Waals surface area (Å²) in [5.74, 6) is -0.688. The number of hydrogen-bond acceptors (Lipinski definition) is 2. The predicted molar refractivity (Wildman–Crippen MR) is 70.6 cm³/mol. The molecule has 0 aromatic heterocycles. The number of nitrogens with zero attached hydrogens (tertiary/aromatic N) is 1. The third kappa shape index (κ3) is 2.28. The lowest BCUT2D eigenvalue weighted by Crippen LogP contribution is -2.48. The molecule has 104 valence electrons. The fourth-order valence-electron chi connectivity index (χ4n) is 3.88. The van der Waals surface area contributed by atoms with Gasteiger partial charge in [0.15, 0.2) is 0 Å². The molecule has 2 N–H and O–H groups in total. The molecule has 4 heteroatoms. The minimum atomic E-state index is -0.371. The second-order valence-electron chi connectivity index (χ2n) is 5.91. The molecule has 19 heavy (non-hydrogen) atoms. The van der Waals surface area contributed by atoms with Crippen LogP contribution in [0.15, 0.2) is 18.2 Å². The van der Waals surface area contributed by atoms with Gasteiger partial charge in [-0.1, -0.05) is 0 Å². The fourth-order valence-corrected chi connectivity index (χ4v) is 3.88. The Balaban J connectivity index is 1.88. The van der Waals surface area contributed by atoms with Crippen LogP contribution in [-0.4, -0.2) is 23.0 Å². The predicted octanol–water partition coefficient (Wildman–Crippen LogP) is 2.98. The second-order valence-corrected chi connectivity index (χ2v) is 5.91. The van der Waals surface area contributed by atoms with Crippen LogP contribution in [0.4, 0.5) is 8.78 Å². The van der Waals surface area contributed by atoms with Crippen molar-refractivity contribution in [1.29, 1.82) is 0 Å². The molecule has 2 nitrogen and oxygen atoms in total. The molecule has 2 saturated heterocycles. The molecule has 2 aliphatic rings. The van der Waals surface area contributed by atoms with Gasteiger partial charge in [0.1, 0.15) is 11.6 Å². The van der Waals surface area contributed by atoms with Crippen LogP contribution in [0, 0.1) is 11.6 Å². The monoisotopic (exact) mass is 266 g/mol. The molecule has 2 fully saturated rings. The number of halogens is 2. The normalized spacial score (nSPS) is 32.5. The van der Waals surface area contributed by atoms with E-state index in [0.717, 1.165) is 25.7 Å². The number of rotatable bonds is 2. The van der Waals surface area contributed by atoms with Crippen molar-refractivity contribution < 1.29 is 8.78 Å². The van der Waals surface area contributed by atoms with Gasteiger partial charge in [0.2, 0.25) is 0 Å². The number of piperidine rings is 1. The van der Waals surface area contributed by atoms with E-state index in [9.17, 15) is 8.78 Å². The summed E-state index contributed by atoms with van der Waals surface area (Å²) in [6, 6.07) is 4.75. The molecule has 3 unspecified atom stereocenters. The first-order chi connectivity index (χ1) is 9.06. The van der Waals surface area contributed by atoms with Gasteiger partial charge in [0.25, 0.3) is 0 Å². The number of nitrogens with two attached hydrogens (primary N) is 1. The first kappa shape index (κ1) is 13.0. The van der Waals surface area contributed by atoms with E-state index in [-0.39, 0.29) is 23.7 Å². The standard InChI is InChI=1S/C15H20F2N2/c1-9(14-6-10(16)2-5-15(14)17)19-12-3-4-13(19)8-11(18)7-12/h2,5-6,9,11-13H,3-4,7-8,18H2,1H3. The number of fused-ring (bicyclic) bond motifs is 2. The average molecular weight is 266 g/mol. The summed E-state index contributed by atoms with van der Waals surface area (Å²) in [4.78, 5) is 2.35. The van der Waals surface area contributed by atoms with Crippen LogP contribution in [0.1, 0.15) is 44.2 Å². The van der Waals surface area contributed by atoms with Crippen molar-refractivity contribution in [2.24, 2.45) is 5.73 Å². The Labute approximate surface area is 112 Å². The van der Waals surface area contributed by atoms with Crippen molar-refractivity contribution in [1.82, 2.24) is 4.90 Å². The molecule has 0 amide bonds. The quantitative estimate of drug-likeness (QED) is 0.891. The van der Waals surface area contributed by atoms with Gasteiger partial charge in [-0.25, -0.2) is 8.78 Å². The molecule has 0 spiro atoms. The summed E-state index contributed by atoms with van der Waals surface area (Å²) < 4.78 is 27.2. The van der Waals surface area contributed by atoms with E-state index in [1.807, 2.05) is 6.92 Å². The van der Waals surface area contributed by atoms with Crippen molar-refractivity contribution >= 4 is 0 Å². The van der Waals surface area contributed by atoms with E-state index in [1.165, 1.54) is 18.2 Å². The van der Waals surface area contributed by atoms with Crippen LogP contribution in [0.2, 0.25) is 0 Å². The van der Waals surface area contributed by atoms with Gasteiger partial charge in [-0.05, 0) is 50.8 Å². The minimum absolute atomic E-state index is 0.0827. The molecule has 3 rings (SSSR count). The van der Waals surface area contributed by atoms with Crippen LogP contribution >= 0.6 is 0 Å². The molecule has 2 heterocycles. The minimum Gasteiger partial charge on any atom is -0.328 e. The lowest BCUT2D eigenvalue weighted by Gasteiger charge is -2.41. The lowest BCUT2D eigenvalue weighted by molar-refractivity contribution is 0.0835. The largest absolute Gasteiger partial charge is 0.328 e. The maximum atomic E-state index is 13.9. The zero-order chi connectivity index (χ0) is 13.6. The Bertz CT molecular complexity index is 463. The first-order valence-electron chi connectivity index (χ1n) is 7.04. The van der Waals surface area contributed by atoms with Crippen molar-refractivity contribution in [3.63, 3.8) is 0 Å². The van der Waals surface area contributed by atoms with E-state index in [0.29, 0.717) is 17.6 Å². The van der Waals surface area contributed by atoms with Gasteiger partial charge in [-0.3, -0.25) is 4.90 Å². The van der Waals surface area contributed by atoms with E-state index in [4.69, 9.17) is 5.73 Å². The van der Waals surface area contributed by atoms with Gasteiger partial charge in [0.05, 0.1) is 0 Å². The van der Waals surface area contributed by atoms with Crippen molar-refractivity contribution in [2.75, 3.05) is 0 Å². The second kappa shape index (κ2) is 4.84. The van der Waals surface area contributed by atoms with Crippen LogP contribution in [0.3, 0.4) is 0 Å². The SMILES string of the molecule is CC(c1cc(F)ccc1F)N1C2CCC1CC(N)C2. The molecule has 3 atom stereocenters. The Kier molecular flexibility index (Phi) is 3.31. The highest BCUT2D eigenvalue weighted by atomic mass is 19.1. The van der Waals surface area contributed by atoms with Crippen LogP contribution in [0.5, 0.6) is 0 Å². The Hall–Kier alpha value is -1.00.